The van der Waals surface area contributed by atoms with Crippen LogP contribution in [-0.4, -0.2) is 17.0 Å². The van der Waals surface area contributed by atoms with Gasteiger partial charge in [-0.15, -0.1) is 12.3 Å². The Morgan fingerprint density at radius 2 is 1.87 bits per heavy atom. The molecule has 3 N–H and O–H groups in total. The van der Waals surface area contributed by atoms with E-state index >= 15 is 0 Å². The monoisotopic (exact) mass is 247 g/mol. The van der Waals surface area contributed by atoms with Crippen LogP contribution in [0.3, 0.4) is 0 Å². The van der Waals surface area contributed by atoms with Gasteiger partial charge in [-0.05, 0) is 11.0 Å². The molecule has 0 heterocycles. The molecule has 0 rings (SSSR count). The predicted molar refractivity (Wildman–Crippen MR) is 71.3 cm³/mol. The summed E-state index contributed by atoms with van der Waals surface area (Å²) in [6.07, 6.45) is 5.46. The number of terminal acetylenes is 1. The summed E-state index contributed by atoms with van der Waals surface area (Å²) < 4.78 is 0. The van der Waals surface area contributed by atoms with Gasteiger partial charge < -0.3 is 5.11 Å². The third-order valence-corrected chi connectivity index (χ3v) is 4.30. The fourth-order valence-corrected chi connectivity index (χ4v) is 3.33. The standard InChI is InChI=1S/C11H21NOS2/c1-6-7-10(2,3)9(13)11(4,5)8-14-15-12/h1,9,13H,7-8,12H2,2-5H3. The highest BCUT2D eigenvalue weighted by Gasteiger charge is 2.38. The molecule has 0 aliphatic carbocycles. The van der Waals surface area contributed by atoms with Crippen LogP contribution < -0.4 is 5.14 Å². The molecule has 0 bridgehead atoms. The van der Waals surface area contributed by atoms with E-state index in [0.29, 0.717) is 6.42 Å². The molecule has 0 aromatic heterocycles. The third-order valence-electron chi connectivity index (χ3n) is 2.54. The van der Waals surface area contributed by atoms with E-state index in [9.17, 15) is 5.11 Å². The van der Waals surface area contributed by atoms with Crippen molar-refractivity contribution < 1.29 is 5.11 Å². The molecule has 0 saturated heterocycles. The van der Waals surface area contributed by atoms with E-state index in [1.165, 1.54) is 11.0 Å². The van der Waals surface area contributed by atoms with Crippen LogP contribution in [0.5, 0.6) is 0 Å². The van der Waals surface area contributed by atoms with Gasteiger partial charge in [0.25, 0.3) is 0 Å². The zero-order valence-corrected chi connectivity index (χ0v) is 11.5. The molecule has 0 aromatic carbocycles. The highest BCUT2D eigenvalue weighted by molar-refractivity contribution is 8.75. The fourth-order valence-electron chi connectivity index (χ4n) is 1.68. The summed E-state index contributed by atoms with van der Waals surface area (Å²) in [7, 11) is 2.80. The largest absolute Gasteiger partial charge is 0.392 e. The molecule has 0 saturated carbocycles. The third kappa shape index (κ3) is 4.69. The van der Waals surface area contributed by atoms with Crippen LogP contribution in [0.4, 0.5) is 0 Å². The van der Waals surface area contributed by atoms with E-state index in [-0.39, 0.29) is 10.8 Å². The Kier molecular flexibility index (Phi) is 6.12. The lowest BCUT2D eigenvalue weighted by Crippen LogP contribution is -2.42. The number of rotatable bonds is 6. The van der Waals surface area contributed by atoms with Crippen LogP contribution in [0.15, 0.2) is 0 Å². The first-order chi connectivity index (χ1) is 6.78. The maximum absolute atomic E-state index is 10.3. The van der Waals surface area contributed by atoms with Crippen LogP contribution in [-0.2, 0) is 0 Å². The van der Waals surface area contributed by atoms with Crippen LogP contribution in [0.2, 0.25) is 0 Å². The highest BCUT2D eigenvalue weighted by Crippen LogP contribution is 2.39. The van der Waals surface area contributed by atoms with Crippen LogP contribution >= 0.6 is 21.8 Å². The Labute approximate surface area is 101 Å². The average Bonchev–Trinajstić information content (AvgIpc) is 2.13. The van der Waals surface area contributed by atoms with E-state index in [4.69, 9.17) is 11.6 Å². The Morgan fingerprint density at radius 3 is 2.27 bits per heavy atom. The summed E-state index contributed by atoms with van der Waals surface area (Å²) in [6.45, 7) is 8.08. The molecule has 0 amide bonds. The zero-order valence-electron chi connectivity index (χ0n) is 9.91. The maximum Gasteiger partial charge on any atom is 0.0659 e. The van der Waals surface area contributed by atoms with Gasteiger partial charge in [-0.25, -0.2) is 0 Å². The second kappa shape index (κ2) is 6.05. The van der Waals surface area contributed by atoms with E-state index < -0.39 is 6.10 Å². The molecular formula is C11H21NOS2. The van der Waals surface area contributed by atoms with Crippen molar-refractivity contribution in [2.75, 3.05) is 5.75 Å². The van der Waals surface area contributed by atoms with Gasteiger partial charge in [-0.3, -0.25) is 5.14 Å². The minimum atomic E-state index is -0.430. The summed E-state index contributed by atoms with van der Waals surface area (Å²) in [5.74, 6) is 3.43. The van der Waals surface area contributed by atoms with Crippen molar-refractivity contribution in [3.05, 3.63) is 0 Å². The van der Waals surface area contributed by atoms with Crippen molar-refractivity contribution in [1.29, 1.82) is 0 Å². The van der Waals surface area contributed by atoms with Gasteiger partial charge in [0.2, 0.25) is 0 Å². The molecule has 88 valence electrons. The Morgan fingerprint density at radius 1 is 1.33 bits per heavy atom. The van der Waals surface area contributed by atoms with Gasteiger partial charge >= 0.3 is 0 Å². The SMILES string of the molecule is C#CCC(C)(C)C(O)C(C)(C)CSSN. The Hall–Kier alpha value is 0.180. The van der Waals surface area contributed by atoms with Crippen molar-refractivity contribution in [3.63, 3.8) is 0 Å². The number of hydrogen-bond donors (Lipinski definition) is 2. The molecule has 0 radical (unpaired) electrons. The molecule has 4 heteroatoms. The number of aliphatic hydroxyl groups is 1. The molecule has 0 aromatic rings. The maximum atomic E-state index is 10.3. The smallest absolute Gasteiger partial charge is 0.0659 e. The van der Waals surface area contributed by atoms with Crippen molar-refractivity contribution in [3.8, 4) is 12.3 Å². The van der Waals surface area contributed by atoms with Gasteiger partial charge in [0.1, 0.15) is 0 Å². The van der Waals surface area contributed by atoms with Gasteiger partial charge in [0, 0.05) is 23.0 Å². The molecule has 1 unspecified atom stereocenters. The molecule has 0 spiro atoms. The topological polar surface area (TPSA) is 46.2 Å². The second-order valence-corrected chi connectivity index (χ2v) is 7.12. The van der Waals surface area contributed by atoms with Crippen molar-refractivity contribution in [2.24, 2.45) is 16.0 Å². The summed E-state index contributed by atoms with van der Waals surface area (Å²) >= 11 is 0. The van der Waals surface area contributed by atoms with Crippen LogP contribution in [0, 0.1) is 23.2 Å². The number of nitrogens with two attached hydrogens (primary N) is 1. The molecule has 0 aliphatic heterocycles. The lowest BCUT2D eigenvalue weighted by molar-refractivity contribution is -0.0272. The van der Waals surface area contributed by atoms with Crippen molar-refractivity contribution >= 4 is 21.8 Å². The quantitative estimate of drug-likeness (QED) is 0.430. The molecule has 15 heavy (non-hydrogen) atoms. The molecule has 0 fully saturated rings. The summed E-state index contributed by atoms with van der Waals surface area (Å²) in [5.41, 5.74) is -0.435. The molecular weight excluding hydrogens is 226 g/mol. The Balaban J connectivity index is 4.53. The minimum absolute atomic E-state index is 0.183. The predicted octanol–water partition coefficient (Wildman–Crippen LogP) is 2.68. The molecule has 1 atom stereocenters. The first-order valence-electron chi connectivity index (χ1n) is 4.88. The number of aliphatic hydroxyl groups excluding tert-OH is 1. The van der Waals surface area contributed by atoms with Crippen LogP contribution in [0.1, 0.15) is 34.1 Å². The van der Waals surface area contributed by atoms with E-state index in [1.54, 1.807) is 10.8 Å². The molecule has 2 nitrogen and oxygen atoms in total. The van der Waals surface area contributed by atoms with Crippen LogP contribution in [0.25, 0.3) is 0 Å². The summed E-state index contributed by atoms with van der Waals surface area (Å²) in [4.78, 5) is 0. The normalized spacial score (nSPS) is 14.7. The van der Waals surface area contributed by atoms with Gasteiger partial charge in [0.15, 0.2) is 0 Å². The lowest BCUT2D eigenvalue weighted by Gasteiger charge is -2.40. The van der Waals surface area contributed by atoms with Crippen molar-refractivity contribution in [2.45, 2.75) is 40.2 Å². The lowest BCUT2D eigenvalue weighted by atomic mass is 9.71. The number of hydrogen-bond acceptors (Lipinski definition) is 4. The molecule has 0 aliphatic rings. The fraction of sp³-hybridized carbons (Fsp3) is 0.818. The second-order valence-electron chi connectivity index (χ2n) is 5.12. The van der Waals surface area contributed by atoms with E-state index in [1.807, 2.05) is 27.7 Å². The first-order valence-corrected chi connectivity index (χ1v) is 7.26. The van der Waals surface area contributed by atoms with Gasteiger partial charge in [-0.2, -0.15) is 0 Å². The Bertz CT molecular complexity index is 233. The zero-order chi connectivity index (χ0) is 12.1. The average molecular weight is 247 g/mol. The van der Waals surface area contributed by atoms with Crippen molar-refractivity contribution in [1.82, 2.24) is 0 Å². The highest BCUT2D eigenvalue weighted by atomic mass is 33.1. The summed E-state index contributed by atoms with van der Waals surface area (Å²) in [5, 5.41) is 15.7. The van der Waals surface area contributed by atoms with E-state index in [2.05, 4.69) is 5.92 Å². The summed E-state index contributed by atoms with van der Waals surface area (Å²) in [6, 6.07) is 0. The van der Waals surface area contributed by atoms with Gasteiger partial charge in [-0.1, -0.05) is 38.5 Å². The van der Waals surface area contributed by atoms with E-state index in [0.717, 1.165) is 5.75 Å². The van der Waals surface area contributed by atoms with Gasteiger partial charge in [0.05, 0.1) is 6.10 Å². The minimum Gasteiger partial charge on any atom is -0.392 e. The first kappa shape index (κ1) is 15.2.